The van der Waals surface area contributed by atoms with Gasteiger partial charge in [-0.3, -0.25) is 9.59 Å². The predicted octanol–water partition coefficient (Wildman–Crippen LogP) is 0.478. The fourth-order valence-electron chi connectivity index (χ4n) is 0.488. The second kappa shape index (κ2) is 4.15. The van der Waals surface area contributed by atoms with Crippen LogP contribution in [-0.2, 0) is 9.59 Å². The van der Waals surface area contributed by atoms with E-state index in [1.165, 1.54) is 0 Å². The average Bonchev–Trinajstić information content (AvgIpc) is 1.99. The van der Waals surface area contributed by atoms with Gasteiger partial charge in [0.2, 0.25) is 5.91 Å². The van der Waals surface area contributed by atoms with Crippen LogP contribution in [0, 0.1) is 5.41 Å². The molecule has 4 nitrogen and oxygen atoms in total. The van der Waals surface area contributed by atoms with E-state index in [1.54, 1.807) is 0 Å². The van der Waals surface area contributed by atoms with E-state index in [9.17, 15) is 18.4 Å². The van der Waals surface area contributed by atoms with E-state index in [1.807, 2.05) is 5.32 Å². The Morgan fingerprint density at radius 2 is 1.92 bits per heavy atom. The van der Waals surface area contributed by atoms with Crippen molar-refractivity contribution in [2.75, 3.05) is 6.54 Å². The number of hydrogen-bond acceptors (Lipinski definition) is 2. The molecular formula is C7H11F2NO3. The Balaban J connectivity index is 4.18. The number of hydrogen-bond donors (Lipinski definition) is 2. The molecule has 0 saturated carbocycles. The molecule has 13 heavy (non-hydrogen) atoms. The van der Waals surface area contributed by atoms with Gasteiger partial charge in [0.25, 0.3) is 6.43 Å². The number of nitrogens with one attached hydrogen (secondary N) is 1. The Hall–Kier alpha value is -1.20. The van der Waals surface area contributed by atoms with E-state index in [-0.39, 0.29) is 0 Å². The van der Waals surface area contributed by atoms with Crippen LogP contribution in [-0.4, -0.2) is 30.0 Å². The molecule has 0 aromatic carbocycles. The monoisotopic (exact) mass is 195 g/mol. The number of carboxylic acids is 1. The van der Waals surface area contributed by atoms with E-state index in [4.69, 9.17) is 5.11 Å². The van der Waals surface area contributed by atoms with Crippen LogP contribution in [0.25, 0.3) is 0 Å². The molecular weight excluding hydrogens is 184 g/mol. The zero-order chi connectivity index (χ0) is 10.6. The van der Waals surface area contributed by atoms with Crippen LogP contribution < -0.4 is 5.32 Å². The molecule has 1 amide bonds. The smallest absolute Gasteiger partial charge is 0.318 e. The lowest BCUT2D eigenvalue weighted by molar-refractivity contribution is -0.153. The molecule has 0 unspecified atom stereocenters. The van der Waals surface area contributed by atoms with Crippen LogP contribution in [0.5, 0.6) is 0 Å². The maximum Gasteiger partial charge on any atom is 0.318 e. The first kappa shape index (κ1) is 11.8. The summed E-state index contributed by atoms with van der Waals surface area (Å²) in [5.74, 6) is -2.26. The number of carboxylic acid groups (broad SMARTS) is 1. The average molecular weight is 195 g/mol. The Kier molecular flexibility index (Phi) is 3.77. The predicted molar refractivity (Wildman–Crippen MR) is 40.4 cm³/mol. The number of aliphatic carboxylic acids is 1. The molecule has 0 aromatic rings. The van der Waals surface area contributed by atoms with Gasteiger partial charge in [-0.15, -0.1) is 0 Å². The Bertz CT molecular complexity index is 216. The summed E-state index contributed by atoms with van der Waals surface area (Å²) in [6.45, 7) is 1.47. The van der Waals surface area contributed by atoms with E-state index in [0.717, 1.165) is 13.8 Å². The minimum Gasteiger partial charge on any atom is -0.480 e. The molecule has 0 radical (unpaired) electrons. The van der Waals surface area contributed by atoms with Crippen molar-refractivity contribution in [3.8, 4) is 0 Å². The maximum absolute atomic E-state index is 11.6. The van der Waals surface area contributed by atoms with E-state index < -0.39 is 30.3 Å². The van der Waals surface area contributed by atoms with Crippen molar-refractivity contribution in [1.29, 1.82) is 0 Å². The lowest BCUT2D eigenvalue weighted by Gasteiger charge is -2.17. The van der Waals surface area contributed by atoms with Gasteiger partial charge in [0.05, 0.1) is 6.54 Å². The summed E-state index contributed by atoms with van der Waals surface area (Å²) in [5.41, 5.74) is -1.67. The molecule has 76 valence electrons. The van der Waals surface area contributed by atoms with Crippen LogP contribution in [0.1, 0.15) is 13.8 Å². The summed E-state index contributed by atoms with van der Waals surface area (Å²) in [7, 11) is 0. The summed E-state index contributed by atoms with van der Waals surface area (Å²) >= 11 is 0. The normalized spacial score (nSPS) is 11.5. The van der Waals surface area contributed by atoms with Crippen LogP contribution >= 0.6 is 0 Å². The molecule has 2 N–H and O–H groups in total. The second-order valence-electron chi connectivity index (χ2n) is 3.03. The van der Waals surface area contributed by atoms with Crippen molar-refractivity contribution in [3.63, 3.8) is 0 Å². The molecule has 0 atom stereocenters. The highest BCUT2D eigenvalue weighted by Crippen LogP contribution is 2.14. The highest BCUT2D eigenvalue weighted by molar-refractivity contribution is 6.00. The SMILES string of the molecule is CC(C)(C(=O)O)C(=O)NCC(F)F. The quantitative estimate of drug-likeness (QED) is 0.641. The number of rotatable bonds is 4. The Labute approximate surface area is 73.9 Å². The highest BCUT2D eigenvalue weighted by atomic mass is 19.3. The Morgan fingerprint density at radius 1 is 1.46 bits per heavy atom. The van der Waals surface area contributed by atoms with Crippen molar-refractivity contribution in [1.82, 2.24) is 5.32 Å². The first-order chi connectivity index (χ1) is 5.78. The van der Waals surface area contributed by atoms with E-state index in [2.05, 4.69) is 0 Å². The van der Waals surface area contributed by atoms with Crippen molar-refractivity contribution in [3.05, 3.63) is 0 Å². The number of halogens is 2. The van der Waals surface area contributed by atoms with Gasteiger partial charge < -0.3 is 10.4 Å². The van der Waals surface area contributed by atoms with Crippen LogP contribution in [0.4, 0.5) is 8.78 Å². The Morgan fingerprint density at radius 3 is 2.23 bits per heavy atom. The number of carbonyl (C=O) groups is 2. The summed E-state index contributed by atoms with van der Waals surface area (Å²) in [6, 6.07) is 0. The molecule has 0 aliphatic heterocycles. The highest BCUT2D eigenvalue weighted by Gasteiger charge is 2.35. The van der Waals surface area contributed by atoms with Gasteiger partial charge in [-0.05, 0) is 13.8 Å². The molecule has 6 heteroatoms. The summed E-state index contributed by atoms with van der Waals surface area (Å²) < 4.78 is 23.2. The molecule has 0 spiro atoms. The lowest BCUT2D eigenvalue weighted by Crippen LogP contribution is -2.43. The maximum atomic E-state index is 11.6. The number of alkyl halides is 2. The third-order valence-electron chi connectivity index (χ3n) is 1.52. The molecule has 0 saturated heterocycles. The first-order valence-corrected chi connectivity index (χ1v) is 3.58. The molecule has 0 bridgehead atoms. The third-order valence-corrected chi connectivity index (χ3v) is 1.52. The fraction of sp³-hybridized carbons (Fsp3) is 0.714. The fourth-order valence-corrected chi connectivity index (χ4v) is 0.488. The summed E-state index contributed by atoms with van der Waals surface area (Å²) in [5, 5.41) is 10.4. The van der Waals surface area contributed by atoms with Gasteiger partial charge in [-0.2, -0.15) is 0 Å². The first-order valence-electron chi connectivity index (χ1n) is 3.58. The minimum atomic E-state index is -2.67. The minimum absolute atomic E-state index is 0.824. The van der Waals surface area contributed by atoms with Crippen molar-refractivity contribution in [2.24, 2.45) is 5.41 Å². The van der Waals surface area contributed by atoms with Gasteiger partial charge >= 0.3 is 5.97 Å². The zero-order valence-electron chi connectivity index (χ0n) is 7.30. The number of carbonyl (C=O) groups excluding carboxylic acids is 1. The van der Waals surface area contributed by atoms with Crippen molar-refractivity contribution >= 4 is 11.9 Å². The third kappa shape index (κ3) is 3.35. The van der Waals surface area contributed by atoms with Crippen molar-refractivity contribution in [2.45, 2.75) is 20.3 Å². The van der Waals surface area contributed by atoms with E-state index >= 15 is 0 Å². The van der Waals surface area contributed by atoms with Gasteiger partial charge in [-0.1, -0.05) is 0 Å². The van der Waals surface area contributed by atoms with Gasteiger partial charge in [-0.25, -0.2) is 8.78 Å². The second-order valence-corrected chi connectivity index (χ2v) is 3.03. The molecule has 0 aliphatic carbocycles. The van der Waals surface area contributed by atoms with Crippen molar-refractivity contribution < 1.29 is 23.5 Å². The molecule has 0 fully saturated rings. The summed E-state index contributed by atoms with van der Waals surface area (Å²) in [6.07, 6.45) is -2.67. The van der Waals surface area contributed by atoms with Gasteiger partial charge in [0.1, 0.15) is 5.41 Å². The summed E-state index contributed by atoms with van der Waals surface area (Å²) in [4.78, 5) is 21.4. The lowest BCUT2D eigenvalue weighted by atomic mass is 9.93. The topological polar surface area (TPSA) is 66.4 Å². The molecule has 0 aliphatic rings. The van der Waals surface area contributed by atoms with Gasteiger partial charge in [0, 0.05) is 0 Å². The largest absolute Gasteiger partial charge is 0.480 e. The zero-order valence-corrected chi connectivity index (χ0v) is 7.30. The van der Waals surface area contributed by atoms with E-state index in [0.29, 0.717) is 0 Å². The molecule has 0 rings (SSSR count). The van der Waals surface area contributed by atoms with Gasteiger partial charge in [0.15, 0.2) is 0 Å². The van der Waals surface area contributed by atoms with Crippen LogP contribution in [0.2, 0.25) is 0 Å². The number of amides is 1. The molecule has 0 heterocycles. The molecule has 0 aromatic heterocycles. The van der Waals surface area contributed by atoms with Crippen LogP contribution in [0.15, 0.2) is 0 Å². The van der Waals surface area contributed by atoms with Crippen LogP contribution in [0.3, 0.4) is 0 Å². The standard InChI is InChI=1S/C7H11F2NO3/c1-7(2,6(12)13)5(11)10-3-4(8)9/h4H,3H2,1-2H3,(H,10,11)(H,12,13).